The van der Waals surface area contributed by atoms with Gasteiger partial charge in [-0.15, -0.1) is 0 Å². The average molecular weight is 313 g/mol. The number of carbonyl (C=O) groups is 1. The van der Waals surface area contributed by atoms with Crippen LogP contribution in [0.4, 0.5) is 0 Å². The highest BCUT2D eigenvalue weighted by Crippen LogP contribution is 2.11. The van der Waals surface area contributed by atoms with Gasteiger partial charge in [-0.2, -0.15) is 0 Å². The molecule has 0 aromatic heterocycles. The molecule has 0 fully saturated rings. The van der Waals surface area contributed by atoms with Gasteiger partial charge in [-0.1, -0.05) is 47.1 Å². The van der Waals surface area contributed by atoms with E-state index in [1.165, 1.54) is 11.1 Å². The lowest BCUT2D eigenvalue weighted by atomic mass is 10.1. The Hall–Kier alpha value is -0.870. The molecule has 0 radical (unpaired) electrons. The Kier molecular flexibility index (Phi) is 6.36. The SMILES string of the molecule is CCC(Br)C(=O)NCc1ccccc1CN(C)C. The molecule has 18 heavy (non-hydrogen) atoms. The van der Waals surface area contributed by atoms with Crippen LogP contribution in [0.2, 0.25) is 0 Å². The number of nitrogens with one attached hydrogen (secondary N) is 1. The second-order valence-electron chi connectivity index (χ2n) is 4.60. The van der Waals surface area contributed by atoms with Gasteiger partial charge in [-0.05, 0) is 31.6 Å². The first-order valence-corrected chi connectivity index (χ1v) is 7.09. The van der Waals surface area contributed by atoms with Crippen molar-refractivity contribution in [2.75, 3.05) is 14.1 Å². The van der Waals surface area contributed by atoms with Crippen molar-refractivity contribution in [2.45, 2.75) is 31.3 Å². The Morgan fingerprint density at radius 1 is 1.33 bits per heavy atom. The number of nitrogens with zero attached hydrogens (tertiary/aromatic N) is 1. The predicted octanol–water partition coefficient (Wildman–Crippen LogP) is 2.54. The normalized spacial score (nSPS) is 12.5. The second kappa shape index (κ2) is 7.54. The monoisotopic (exact) mass is 312 g/mol. The molecule has 100 valence electrons. The molecule has 1 amide bonds. The van der Waals surface area contributed by atoms with E-state index in [2.05, 4.69) is 38.3 Å². The molecule has 1 rings (SSSR count). The molecule has 3 nitrogen and oxygen atoms in total. The topological polar surface area (TPSA) is 32.3 Å². The Balaban J connectivity index is 2.64. The molecule has 0 aliphatic carbocycles. The number of rotatable bonds is 6. The number of alkyl halides is 1. The molecule has 1 aromatic rings. The molecule has 0 heterocycles. The van der Waals surface area contributed by atoms with Crippen LogP contribution in [0.1, 0.15) is 24.5 Å². The summed E-state index contributed by atoms with van der Waals surface area (Å²) in [5.74, 6) is 0.0529. The van der Waals surface area contributed by atoms with Gasteiger partial charge in [-0.3, -0.25) is 4.79 Å². The number of carbonyl (C=O) groups excluding carboxylic acids is 1. The van der Waals surface area contributed by atoms with Crippen LogP contribution in [0.15, 0.2) is 24.3 Å². The summed E-state index contributed by atoms with van der Waals surface area (Å²) in [5, 5.41) is 2.96. The Bertz CT molecular complexity index is 393. The van der Waals surface area contributed by atoms with Gasteiger partial charge in [0.05, 0.1) is 4.83 Å². The van der Waals surface area contributed by atoms with E-state index in [0.717, 1.165) is 13.0 Å². The average Bonchev–Trinajstić information content (AvgIpc) is 2.35. The predicted molar refractivity (Wildman–Crippen MR) is 78.7 cm³/mol. The van der Waals surface area contributed by atoms with Crippen molar-refractivity contribution in [1.82, 2.24) is 10.2 Å². The van der Waals surface area contributed by atoms with Crippen molar-refractivity contribution in [3.05, 3.63) is 35.4 Å². The Morgan fingerprint density at radius 3 is 2.50 bits per heavy atom. The standard InChI is InChI=1S/C14H21BrN2O/c1-4-13(15)14(18)16-9-11-7-5-6-8-12(11)10-17(2)3/h5-8,13H,4,9-10H2,1-3H3,(H,16,18). The molecule has 0 spiro atoms. The summed E-state index contributed by atoms with van der Waals surface area (Å²) in [7, 11) is 4.09. The summed E-state index contributed by atoms with van der Waals surface area (Å²) in [6.45, 7) is 3.46. The van der Waals surface area contributed by atoms with E-state index in [9.17, 15) is 4.79 Å². The number of benzene rings is 1. The maximum absolute atomic E-state index is 11.7. The fourth-order valence-corrected chi connectivity index (χ4v) is 1.87. The first kappa shape index (κ1) is 15.2. The minimum absolute atomic E-state index is 0.0529. The first-order valence-electron chi connectivity index (χ1n) is 6.18. The fourth-order valence-electron chi connectivity index (χ4n) is 1.70. The molecule has 0 saturated carbocycles. The van der Waals surface area contributed by atoms with Gasteiger partial charge in [0, 0.05) is 13.1 Å². The summed E-state index contributed by atoms with van der Waals surface area (Å²) < 4.78 is 0. The molecule has 0 bridgehead atoms. The zero-order valence-corrected chi connectivity index (χ0v) is 12.8. The number of hydrogen-bond donors (Lipinski definition) is 1. The fraction of sp³-hybridized carbons (Fsp3) is 0.500. The van der Waals surface area contributed by atoms with Crippen LogP contribution in [-0.2, 0) is 17.9 Å². The smallest absolute Gasteiger partial charge is 0.234 e. The number of hydrogen-bond acceptors (Lipinski definition) is 2. The van der Waals surface area contributed by atoms with E-state index < -0.39 is 0 Å². The molecule has 1 N–H and O–H groups in total. The van der Waals surface area contributed by atoms with Crippen molar-refractivity contribution in [3.8, 4) is 0 Å². The van der Waals surface area contributed by atoms with E-state index in [1.54, 1.807) is 0 Å². The van der Waals surface area contributed by atoms with Gasteiger partial charge in [0.1, 0.15) is 0 Å². The second-order valence-corrected chi connectivity index (χ2v) is 5.71. The zero-order valence-electron chi connectivity index (χ0n) is 11.2. The van der Waals surface area contributed by atoms with Gasteiger partial charge in [0.15, 0.2) is 0 Å². The molecule has 1 unspecified atom stereocenters. The van der Waals surface area contributed by atoms with Gasteiger partial charge in [0.25, 0.3) is 0 Å². The third kappa shape index (κ3) is 4.78. The Morgan fingerprint density at radius 2 is 1.94 bits per heavy atom. The summed E-state index contributed by atoms with van der Waals surface area (Å²) in [4.78, 5) is 13.7. The maximum Gasteiger partial charge on any atom is 0.234 e. The number of amides is 1. The van der Waals surface area contributed by atoms with Crippen LogP contribution in [0.5, 0.6) is 0 Å². The molecule has 1 atom stereocenters. The Labute approximate surface area is 118 Å². The molecule has 0 aliphatic heterocycles. The van der Waals surface area contributed by atoms with Crippen LogP contribution < -0.4 is 5.32 Å². The van der Waals surface area contributed by atoms with Crippen molar-refractivity contribution >= 4 is 21.8 Å². The van der Waals surface area contributed by atoms with Crippen LogP contribution in [0, 0.1) is 0 Å². The number of halogens is 1. The van der Waals surface area contributed by atoms with E-state index in [4.69, 9.17) is 0 Å². The lowest BCUT2D eigenvalue weighted by Gasteiger charge is -2.15. The summed E-state index contributed by atoms with van der Waals surface area (Å²) >= 11 is 3.35. The van der Waals surface area contributed by atoms with E-state index in [1.807, 2.05) is 33.2 Å². The van der Waals surface area contributed by atoms with Gasteiger partial charge in [0.2, 0.25) is 5.91 Å². The van der Waals surface area contributed by atoms with E-state index >= 15 is 0 Å². The lowest BCUT2D eigenvalue weighted by Crippen LogP contribution is -2.30. The molecule has 0 aliphatic rings. The molecular weight excluding hydrogens is 292 g/mol. The zero-order chi connectivity index (χ0) is 13.5. The minimum Gasteiger partial charge on any atom is -0.351 e. The highest BCUT2D eigenvalue weighted by Gasteiger charge is 2.12. The van der Waals surface area contributed by atoms with Gasteiger partial charge >= 0.3 is 0 Å². The minimum atomic E-state index is -0.0986. The third-order valence-electron chi connectivity index (χ3n) is 2.70. The molecule has 1 aromatic carbocycles. The molecule has 0 saturated heterocycles. The lowest BCUT2D eigenvalue weighted by molar-refractivity contribution is -0.120. The summed E-state index contributed by atoms with van der Waals surface area (Å²) in [6.07, 6.45) is 0.797. The molecular formula is C14H21BrN2O. The van der Waals surface area contributed by atoms with Crippen molar-refractivity contribution < 1.29 is 4.79 Å². The highest BCUT2D eigenvalue weighted by molar-refractivity contribution is 9.10. The largest absolute Gasteiger partial charge is 0.351 e. The van der Waals surface area contributed by atoms with E-state index in [0.29, 0.717) is 6.54 Å². The van der Waals surface area contributed by atoms with Crippen molar-refractivity contribution in [1.29, 1.82) is 0 Å². The highest BCUT2D eigenvalue weighted by atomic mass is 79.9. The van der Waals surface area contributed by atoms with E-state index in [-0.39, 0.29) is 10.7 Å². The van der Waals surface area contributed by atoms with Crippen LogP contribution >= 0.6 is 15.9 Å². The quantitative estimate of drug-likeness (QED) is 0.819. The summed E-state index contributed by atoms with van der Waals surface area (Å²) in [5.41, 5.74) is 2.43. The summed E-state index contributed by atoms with van der Waals surface area (Å²) in [6, 6.07) is 8.21. The van der Waals surface area contributed by atoms with Crippen LogP contribution in [0.3, 0.4) is 0 Å². The third-order valence-corrected chi connectivity index (χ3v) is 3.76. The van der Waals surface area contributed by atoms with Gasteiger partial charge in [-0.25, -0.2) is 0 Å². The van der Waals surface area contributed by atoms with Crippen LogP contribution in [-0.4, -0.2) is 29.7 Å². The first-order chi connectivity index (χ1) is 8.54. The maximum atomic E-state index is 11.7. The molecule has 4 heteroatoms. The van der Waals surface area contributed by atoms with Crippen molar-refractivity contribution in [2.24, 2.45) is 0 Å². The van der Waals surface area contributed by atoms with Crippen molar-refractivity contribution in [3.63, 3.8) is 0 Å². The van der Waals surface area contributed by atoms with Gasteiger partial charge < -0.3 is 10.2 Å². The van der Waals surface area contributed by atoms with Crippen LogP contribution in [0.25, 0.3) is 0 Å².